The fourth-order valence-corrected chi connectivity index (χ4v) is 5.17. The van der Waals surface area contributed by atoms with E-state index in [0.29, 0.717) is 22.0 Å². The molecule has 0 radical (unpaired) electrons. The van der Waals surface area contributed by atoms with Crippen molar-refractivity contribution < 1.29 is 17.9 Å². The van der Waals surface area contributed by atoms with Crippen molar-refractivity contribution in [2.24, 2.45) is 0 Å². The Hall–Kier alpha value is -2.88. The van der Waals surface area contributed by atoms with Gasteiger partial charge in [-0.3, -0.25) is 9.78 Å². The summed E-state index contributed by atoms with van der Waals surface area (Å²) in [5.74, 6) is 0.153. The molecule has 1 aliphatic rings. The molecule has 1 aliphatic heterocycles. The molecule has 3 heterocycles. The number of nitrogens with zero attached hydrogens (tertiary/aromatic N) is 4. The first-order valence-corrected chi connectivity index (χ1v) is 11.4. The Morgan fingerprint density at radius 3 is 2.42 bits per heavy atom. The molecule has 0 N–H and O–H groups in total. The van der Waals surface area contributed by atoms with Crippen LogP contribution in [0.15, 0.2) is 66.1 Å². The number of hydrogen-bond acceptors (Lipinski definition) is 5. The zero-order valence-electron chi connectivity index (χ0n) is 16.8. The molecule has 1 amide bonds. The van der Waals surface area contributed by atoms with Gasteiger partial charge < -0.3 is 14.2 Å². The number of pyridine rings is 1. The van der Waals surface area contributed by atoms with Crippen LogP contribution in [0.3, 0.4) is 0 Å². The van der Waals surface area contributed by atoms with Gasteiger partial charge in [-0.25, -0.2) is 8.42 Å². The van der Waals surface area contributed by atoms with E-state index in [9.17, 15) is 13.2 Å². The number of methoxy groups -OCH3 is 1. The van der Waals surface area contributed by atoms with E-state index >= 15 is 0 Å². The molecule has 1 saturated heterocycles. The lowest BCUT2D eigenvalue weighted by Crippen LogP contribution is -2.50. The van der Waals surface area contributed by atoms with Gasteiger partial charge in [0.15, 0.2) is 0 Å². The molecule has 31 heavy (non-hydrogen) atoms. The molecule has 162 valence electrons. The molecule has 10 heteroatoms. The highest BCUT2D eigenvalue weighted by Crippen LogP contribution is 2.31. The largest absolute Gasteiger partial charge is 0.496 e. The second-order valence-corrected chi connectivity index (χ2v) is 9.32. The molecule has 0 atom stereocenters. The van der Waals surface area contributed by atoms with Crippen LogP contribution in [0.2, 0.25) is 5.02 Å². The van der Waals surface area contributed by atoms with Gasteiger partial charge in [0.2, 0.25) is 10.0 Å². The average molecular weight is 461 g/mol. The lowest BCUT2D eigenvalue weighted by molar-refractivity contribution is 0.0694. The van der Waals surface area contributed by atoms with Gasteiger partial charge in [-0.1, -0.05) is 11.6 Å². The van der Waals surface area contributed by atoms with E-state index < -0.39 is 10.0 Å². The molecule has 1 aromatic carbocycles. The van der Waals surface area contributed by atoms with Crippen molar-refractivity contribution in [3.8, 4) is 11.4 Å². The van der Waals surface area contributed by atoms with Crippen LogP contribution in [0.25, 0.3) is 5.69 Å². The number of carbonyl (C=O) groups excluding carboxylic acids is 1. The Labute approximate surface area is 185 Å². The summed E-state index contributed by atoms with van der Waals surface area (Å²) in [7, 11) is -2.14. The number of sulfonamides is 1. The monoisotopic (exact) mass is 460 g/mol. The molecule has 3 aromatic rings. The third-order valence-electron chi connectivity index (χ3n) is 5.18. The second kappa shape index (κ2) is 8.70. The summed E-state index contributed by atoms with van der Waals surface area (Å²) in [5.41, 5.74) is 1.04. The van der Waals surface area contributed by atoms with Gasteiger partial charge in [-0.15, -0.1) is 0 Å². The molecule has 0 aliphatic carbocycles. The average Bonchev–Trinajstić information content (AvgIpc) is 3.34. The molecule has 0 spiro atoms. The Bertz CT molecular complexity index is 1180. The van der Waals surface area contributed by atoms with Gasteiger partial charge in [0, 0.05) is 57.0 Å². The van der Waals surface area contributed by atoms with Crippen molar-refractivity contribution in [3.63, 3.8) is 0 Å². The molecular weight excluding hydrogens is 440 g/mol. The molecule has 0 saturated carbocycles. The van der Waals surface area contributed by atoms with E-state index in [1.807, 2.05) is 29.1 Å². The minimum absolute atomic E-state index is 0.142. The Morgan fingerprint density at radius 2 is 1.81 bits per heavy atom. The number of halogens is 1. The highest BCUT2D eigenvalue weighted by Gasteiger charge is 2.31. The Morgan fingerprint density at radius 1 is 1.10 bits per heavy atom. The SMILES string of the molecule is COc1cc(-n2cccc2)c(Cl)cc1C(=O)N1CCN(S(=O)(=O)c2cccnc2)CC1. The van der Waals surface area contributed by atoms with Crippen molar-refractivity contribution >= 4 is 27.5 Å². The molecular formula is C21H21ClN4O4S. The van der Waals surface area contributed by atoms with E-state index in [-0.39, 0.29) is 37.0 Å². The van der Waals surface area contributed by atoms with Gasteiger partial charge in [-0.2, -0.15) is 4.31 Å². The van der Waals surface area contributed by atoms with E-state index in [4.69, 9.17) is 16.3 Å². The summed E-state index contributed by atoms with van der Waals surface area (Å²) in [6, 6.07) is 10.2. The third kappa shape index (κ3) is 4.16. The predicted molar refractivity (Wildman–Crippen MR) is 116 cm³/mol. The number of aromatic nitrogens is 2. The van der Waals surface area contributed by atoms with E-state index in [2.05, 4.69) is 4.98 Å². The normalized spacial score (nSPS) is 15.1. The fourth-order valence-electron chi connectivity index (χ4n) is 3.52. The topological polar surface area (TPSA) is 84.7 Å². The van der Waals surface area contributed by atoms with Crippen LogP contribution in [0, 0.1) is 0 Å². The molecule has 8 nitrogen and oxygen atoms in total. The number of hydrogen-bond donors (Lipinski definition) is 0. The van der Waals surface area contributed by atoms with Crippen LogP contribution >= 0.6 is 11.6 Å². The summed E-state index contributed by atoms with van der Waals surface area (Å²) in [6.45, 7) is 0.915. The van der Waals surface area contributed by atoms with Gasteiger partial charge >= 0.3 is 0 Å². The summed E-state index contributed by atoms with van der Waals surface area (Å²) in [6.07, 6.45) is 6.55. The first-order valence-electron chi connectivity index (χ1n) is 9.62. The number of ether oxygens (including phenoxy) is 1. The second-order valence-electron chi connectivity index (χ2n) is 6.98. The van der Waals surface area contributed by atoms with Gasteiger partial charge in [0.05, 0.1) is 23.4 Å². The van der Waals surface area contributed by atoms with E-state index in [1.54, 1.807) is 23.1 Å². The zero-order chi connectivity index (χ0) is 22.0. The third-order valence-corrected chi connectivity index (χ3v) is 7.36. The number of amides is 1. The van der Waals surface area contributed by atoms with E-state index in [1.165, 1.54) is 29.9 Å². The zero-order valence-corrected chi connectivity index (χ0v) is 18.4. The highest BCUT2D eigenvalue weighted by molar-refractivity contribution is 7.89. The highest BCUT2D eigenvalue weighted by atomic mass is 35.5. The van der Waals surface area contributed by atoms with Crippen LogP contribution < -0.4 is 4.74 Å². The van der Waals surface area contributed by atoms with Crippen LogP contribution in [0.4, 0.5) is 0 Å². The Balaban J connectivity index is 1.52. The van der Waals surface area contributed by atoms with E-state index in [0.717, 1.165) is 0 Å². The van der Waals surface area contributed by atoms with Gasteiger partial charge in [-0.05, 0) is 30.3 Å². The predicted octanol–water partition coefficient (Wildman–Crippen LogP) is 2.68. The molecule has 2 aromatic heterocycles. The molecule has 4 rings (SSSR count). The summed E-state index contributed by atoms with van der Waals surface area (Å²) < 4.78 is 34.2. The number of piperazine rings is 1. The lowest BCUT2D eigenvalue weighted by Gasteiger charge is -2.34. The first kappa shape index (κ1) is 21.4. The van der Waals surface area contributed by atoms with Crippen LogP contribution in [-0.4, -0.2) is 66.4 Å². The first-order chi connectivity index (χ1) is 14.9. The molecule has 0 bridgehead atoms. The van der Waals surface area contributed by atoms with Gasteiger partial charge in [0.1, 0.15) is 10.6 Å². The number of rotatable bonds is 5. The minimum atomic E-state index is -3.64. The Kier molecular flexibility index (Phi) is 5.99. The minimum Gasteiger partial charge on any atom is -0.496 e. The standard InChI is InChI=1S/C21H21ClN4O4S/c1-30-20-14-19(24-7-2-3-8-24)18(22)13-17(20)21(27)25-9-11-26(12-10-25)31(28,29)16-5-4-6-23-15-16/h2-8,13-15H,9-12H2,1H3. The smallest absolute Gasteiger partial charge is 0.257 e. The van der Waals surface area contributed by atoms with Crippen molar-refractivity contribution in [1.29, 1.82) is 0 Å². The summed E-state index contributed by atoms with van der Waals surface area (Å²) in [4.78, 5) is 18.8. The number of carbonyl (C=O) groups is 1. The van der Waals surface area contributed by atoms with Crippen molar-refractivity contribution in [1.82, 2.24) is 18.8 Å². The fraction of sp³-hybridized carbons (Fsp3) is 0.238. The molecule has 1 fully saturated rings. The van der Waals surface area contributed by atoms with Crippen molar-refractivity contribution in [2.45, 2.75) is 4.90 Å². The molecule has 0 unspecified atom stereocenters. The van der Waals surface area contributed by atoms with Crippen molar-refractivity contribution in [3.05, 3.63) is 71.8 Å². The van der Waals surface area contributed by atoms with Crippen LogP contribution in [0.5, 0.6) is 5.75 Å². The maximum absolute atomic E-state index is 13.2. The quantitative estimate of drug-likeness (QED) is 0.584. The lowest BCUT2D eigenvalue weighted by atomic mass is 10.1. The van der Waals surface area contributed by atoms with Crippen LogP contribution in [0.1, 0.15) is 10.4 Å². The maximum Gasteiger partial charge on any atom is 0.257 e. The van der Waals surface area contributed by atoms with Gasteiger partial charge in [0.25, 0.3) is 5.91 Å². The maximum atomic E-state index is 13.2. The van der Waals surface area contributed by atoms with Crippen molar-refractivity contribution in [2.75, 3.05) is 33.3 Å². The summed E-state index contributed by atoms with van der Waals surface area (Å²) >= 11 is 6.44. The van der Waals surface area contributed by atoms with Crippen LogP contribution in [-0.2, 0) is 10.0 Å². The summed E-state index contributed by atoms with van der Waals surface area (Å²) in [5, 5.41) is 0.415. The number of benzene rings is 1.